The first-order valence-corrected chi connectivity index (χ1v) is 5.96. The van der Waals surface area contributed by atoms with Crippen molar-refractivity contribution in [1.29, 1.82) is 0 Å². The van der Waals surface area contributed by atoms with Gasteiger partial charge in [0, 0.05) is 13.0 Å². The van der Waals surface area contributed by atoms with Crippen LogP contribution in [-0.2, 0) is 16.1 Å². The summed E-state index contributed by atoms with van der Waals surface area (Å²) in [6.07, 6.45) is -1.71. The highest BCUT2D eigenvalue weighted by Crippen LogP contribution is 2.15. The number of hydrogen-bond donors (Lipinski definition) is 1. The number of amides is 1. The maximum absolute atomic E-state index is 13.2. The summed E-state index contributed by atoms with van der Waals surface area (Å²) >= 11 is 0. The lowest BCUT2D eigenvalue weighted by Gasteiger charge is -2.13. The van der Waals surface area contributed by atoms with Crippen molar-refractivity contribution in [2.75, 3.05) is 13.2 Å². The van der Waals surface area contributed by atoms with Crippen molar-refractivity contribution >= 4 is 6.09 Å². The van der Waals surface area contributed by atoms with E-state index < -0.39 is 18.4 Å². The van der Waals surface area contributed by atoms with E-state index in [1.165, 1.54) is 0 Å². The van der Waals surface area contributed by atoms with E-state index in [1.54, 1.807) is 0 Å². The molecule has 2 unspecified atom stereocenters. The molecule has 1 fully saturated rings. The number of carbonyl (C=O) groups excluding carboxylic acids is 1. The van der Waals surface area contributed by atoms with Crippen LogP contribution in [0.5, 0.6) is 0 Å². The largest absolute Gasteiger partial charge is 0.445 e. The van der Waals surface area contributed by atoms with Crippen LogP contribution in [0.15, 0.2) is 30.3 Å². The highest BCUT2D eigenvalue weighted by Gasteiger charge is 2.28. The molecule has 1 amide bonds. The van der Waals surface area contributed by atoms with Gasteiger partial charge in [-0.05, 0) is 5.56 Å². The van der Waals surface area contributed by atoms with Crippen LogP contribution in [0, 0.1) is 0 Å². The van der Waals surface area contributed by atoms with E-state index in [2.05, 4.69) is 5.32 Å². The number of alkyl carbamates (subject to hydrolysis) is 1. The molecule has 0 saturated carbocycles. The van der Waals surface area contributed by atoms with Crippen LogP contribution in [0.3, 0.4) is 0 Å². The molecule has 1 aromatic rings. The summed E-state index contributed by atoms with van der Waals surface area (Å²) in [4.78, 5) is 11.4. The number of hydrogen-bond acceptors (Lipinski definition) is 3. The quantitative estimate of drug-likeness (QED) is 0.893. The molecule has 1 N–H and O–H groups in total. The van der Waals surface area contributed by atoms with Crippen molar-refractivity contribution in [3.63, 3.8) is 0 Å². The molecule has 0 aromatic heterocycles. The van der Waals surface area contributed by atoms with E-state index in [9.17, 15) is 9.18 Å². The second-order valence-electron chi connectivity index (χ2n) is 4.16. The van der Waals surface area contributed by atoms with E-state index in [0.717, 1.165) is 5.56 Å². The summed E-state index contributed by atoms with van der Waals surface area (Å²) in [5, 5.41) is 2.50. The molecule has 1 heterocycles. The van der Waals surface area contributed by atoms with Gasteiger partial charge in [0.1, 0.15) is 18.9 Å². The van der Waals surface area contributed by atoms with Gasteiger partial charge in [0.25, 0.3) is 0 Å². The normalized spacial score (nSPS) is 22.7. The molecule has 5 heteroatoms. The molecular formula is C13H16FNO3. The molecule has 18 heavy (non-hydrogen) atoms. The Kier molecular flexibility index (Phi) is 4.52. The molecular weight excluding hydrogens is 237 g/mol. The van der Waals surface area contributed by atoms with Crippen LogP contribution in [0.25, 0.3) is 0 Å². The molecule has 1 aliphatic heterocycles. The number of ether oxygens (including phenoxy) is 2. The number of nitrogens with one attached hydrogen (secondary N) is 1. The van der Waals surface area contributed by atoms with Gasteiger partial charge >= 0.3 is 6.09 Å². The Morgan fingerprint density at radius 2 is 2.22 bits per heavy atom. The minimum absolute atomic E-state index is 0.148. The van der Waals surface area contributed by atoms with Gasteiger partial charge in [-0.15, -0.1) is 0 Å². The third kappa shape index (κ3) is 3.70. The Hall–Kier alpha value is -1.62. The molecule has 0 bridgehead atoms. The predicted molar refractivity (Wildman–Crippen MR) is 63.9 cm³/mol. The number of rotatable bonds is 4. The topological polar surface area (TPSA) is 47.6 Å². The summed E-state index contributed by atoms with van der Waals surface area (Å²) in [7, 11) is 0. The smallest absolute Gasteiger partial charge is 0.407 e. The van der Waals surface area contributed by atoms with E-state index in [-0.39, 0.29) is 13.2 Å². The van der Waals surface area contributed by atoms with Gasteiger partial charge in [0.2, 0.25) is 0 Å². The second-order valence-corrected chi connectivity index (χ2v) is 4.16. The Morgan fingerprint density at radius 1 is 1.44 bits per heavy atom. The van der Waals surface area contributed by atoms with Crippen molar-refractivity contribution in [1.82, 2.24) is 5.32 Å². The summed E-state index contributed by atoms with van der Waals surface area (Å²) in [5.74, 6) is 0. The lowest BCUT2D eigenvalue weighted by atomic mass is 10.2. The van der Waals surface area contributed by atoms with Gasteiger partial charge in [-0.25, -0.2) is 9.18 Å². The molecule has 4 nitrogen and oxygen atoms in total. The first kappa shape index (κ1) is 12.8. The fourth-order valence-corrected chi connectivity index (χ4v) is 1.77. The summed E-state index contributed by atoms with van der Waals surface area (Å²) < 4.78 is 23.3. The molecule has 0 aliphatic carbocycles. The number of alkyl halides is 1. The standard InChI is InChI=1S/C13H16FNO3/c14-11-6-7-17-12(11)8-15-13(16)18-9-10-4-2-1-3-5-10/h1-5,11-12H,6-9H2,(H,15,16). The molecule has 98 valence electrons. The van der Waals surface area contributed by atoms with Crippen LogP contribution in [0.2, 0.25) is 0 Å². The molecule has 1 aliphatic rings. The maximum Gasteiger partial charge on any atom is 0.407 e. The van der Waals surface area contributed by atoms with Gasteiger partial charge in [0.15, 0.2) is 0 Å². The zero-order chi connectivity index (χ0) is 12.8. The Morgan fingerprint density at radius 3 is 2.89 bits per heavy atom. The van der Waals surface area contributed by atoms with Gasteiger partial charge < -0.3 is 14.8 Å². The monoisotopic (exact) mass is 253 g/mol. The third-order valence-corrected chi connectivity index (χ3v) is 2.79. The van der Waals surface area contributed by atoms with Crippen molar-refractivity contribution in [2.45, 2.75) is 25.3 Å². The second kappa shape index (κ2) is 6.35. The van der Waals surface area contributed by atoms with Crippen LogP contribution in [-0.4, -0.2) is 31.5 Å². The molecule has 1 saturated heterocycles. The van der Waals surface area contributed by atoms with Gasteiger partial charge in [-0.1, -0.05) is 30.3 Å². The third-order valence-electron chi connectivity index (χ3n) is 2.79. The Bertz CT molecular complexity index is 385. The van der Waals surface area contributed by atoms with E-state index in [0.29, 0.717) is 13.0 Å². The van der Waals surface area contributed by atoms with Crippen molar-refractivity contribution in [2.24, 2.45) is 0 Å². The maximum atomic E-state index is 13.2. The van der Waals surface area contributed by atoms with Crippen LogP contribution in [0.4, 0.5) is 9.18 Å². The fraction of sp³-hybridized carbons (Fsp3) is 0.462. The summed E-state index contributed by atoms with van der Waals surface area (Å²) in [6.45, 7) is 0.763. The molecule has 2 atom stereocenters. The minimum Gasteiger partial charge on any atom is -0.445 e. The fourth-order valence-electron chi connectivity index (χ4n) is 1.77. The predicted octanol–water partition coefficient (Wildman–Crippen LogP) is 2.04. The molecule has 0 spiro atoms. The first-order chi connectivity index (χ1) is 8.75. The van der Waals surface area contributed by atoms with Gasteiger partial charge in [-0.3, -0.25) is 0 Å². The average Bonchev–Trinajstić information content (AvgIpc) is 2.81. The lowest BCUT2D eigenvalue weighted by Crippen LogP contribution is -2.35. The number of halogens is 1. The summed E-state index contributed by atoms with van der Waals surface area (Å²) in [5.41, 5.74) is 0.910. The van der Waals surface area contributed by atoms with Crippen LogP contribution >= 0.6 is 0 Å². The molecule has 1 aromatic carbocycles. The highest BCUT2D eigenvalue weighted by atomic mass is 19.1. The number of carbonyl (C=O) groups is 1. The van der Waals surface area contributed by atoms with Crippen molar-refractivity contribution in [3.05, 3.63) is 35.9 Å². The minimum atomic E-state index is -1.00. The molecule has 0 radical (unpaired) electrons. The Balaban J connectivity index is 1.66. The highest BCUT2D eigenvalue weighted by molar-refractivity contribution is 5.67. The van der Waals surface area contributed by atoms with Crippen molar-refractivity contribution < 1.29 is 18.7 Å². The van der Waals surface area contributed by atoms with E-state index in [1.807, 2.05) is 30.3 Å². The lowest BCUT2D eigenvalue weighted by molar-refractivity contribution is 0.0729. The first-order valence-electron chi connectivity index (χ1n) is 5.96. The Labute approximate surface area is 105 Å². The SMILES string of the molecule is O=C(NCC1OCCC1F)OCc1ccccc1. The van der Waals surface area contributed by atoms with E-state index in [4.69, 9.17) is 9.47 Å². The van der Waals surface area contributed by atoms with E-state index >= 15 is 0 Å². The van der Waals surface area contributed by atoms with Gasteiger partial charge in [-0.2, -0.15) is 0 Å². The van der Waals surface area contributed by atoms with Crippen LogP contribution < -0.4 is 5.32 Å². The van der Waals surface area contributed by atoms with Crippen molar-refractivity contribution in [3.8, 4) is 0 Å². The zero-order valence-corrected chi connectivity index (χ0v) is 9.97. The summed E-state index contributed by atoms with van der Waals surface area (Å²) in [6, 6.07) is 9.37. The van der Waals surface area contributed by atoms with Gasteiger partial charge in [0.05, 0.1) is 6.61 Å². The molecule has 2 rings (SSSR count). The number of benzene rings is 1. The van der Waals surface area contributed by atoms with Crippen LogP contribution in [0.1, 0.15) is 12.0 Å². The zero-order valence-electron chi connectivity index (χ0n) is 9.97. The average molecular weight is 253 g/mol.